The number of aromatic amines is 1. The number of nitrogens with one attached hydrogen (secondary N) is 1. The maximum Gasteiger partial charge on any atom is 0.289 e. The molecule has 1 aromatic carbocycles. The molecule has 5 heterocycles. The van der Waals surface area contributed by atoms with Crippen LogP contribution in [0.3, 0.4) is 0 Å². The predicted molar refractivity (Wildman–Crippen MR) is 134 cm³/mol. The van der Waals surface area contributed by atoms with Crippen molar-refractivity contribution in [2.45, 2.75) is 38.5 Å². The molecule has 0 radical (unpaired) electrons. The second kappa shape index (κ2) is 9.91. The maximum absolute atomic E-state index is 13.4. The van der Waals surface area contributed by atoms with Gasteiger partial charge < -0.3 is 19.0 Å². The number of carbonyl (C=O) groups is 1. The molecule has 0 spiro atoms. The number of aromatic nitrogens is 5. The number of fused-ring (bicyclic) bond motifs is 1. The average Bonchev–Trinajstić information content (AvgIpc) is 3.69. The van der Waals surface area contributed by atoms with E-state index in [9.17, 15) is 9.59 Å². The SMILES string of the molecule is Cc1ccc2[nH]c(=O)c([C@H](c3nnnn3C[C@H]3CCCO3)N3CCN(C(=O)c4ccco4)CC3)cc2c1. The van der Waals surface area contributed by atoms with Crippen LogP contribution in [0.25, 0.3) is 10.9 Å². The molecule has 0 unspecified atom stereocenters. The Kier molecular flexibility index (Phi) is 6.31. The first-order chi connectivity index (χ1) is 18.1. The van der Waals surface area contributed by atoms with E-state index in [-0.39, 0.29) is 17.6 Å². The van der Waals surface area contributed by atoms with Crippen molar-refractivity contribution in [1.29, 1.82) is 0 Å². The Morgan fingerprint density at radius 2 is 2.05 bits per heavy atom. The topological polar surface area (TPSA) is 122 Å². The van der Waals surface area contributed by atoms with E-state index in [0.717, 1.165) is 35.9 Å². The molecule has 1 N–H and O–H groups in total. The summed E-state index contributed by atoms with van der Waals surface area (Å²) < 4.78 is 12.9. The van der Waals surface area contributed by atoms with E-state index in [4.69, 9.17) is 9.15 Å². The molecule has 2 atom stereocenters. The summed E-state index contributed by atoms with van der Waals surface area (Å²) >= 11 is 0. The molecule has 0 aliphatic carbocycles. The van der Waals surface area contributed by atoms with Gasteiger partial charge in [0.1, 0.15) is 6.04 Å². The Hall–Kier alpha value is -3.83. The largest absolute Gasteiger partial charge is 0.459 e. The van der Waals surface area contributed by atoms with Crippen molar-refractivity contribution in [3.8, 4) is 0 Å². The molecule has 0 bridgehead atoms. The first-order valence-corrected chi connectivity index (χ1v) is 12.6. The van der Waals surface area contributed by atoms with Crippen molar-refractivity contribution in [3.05, 3.63) is 75.7 Å². The minimum absolute atomic E-state index is 0.0446. The molecule has 2 saturated heterocycles. The number of aryl methyl sites for hydroxylation is 1. The predicted octanol–water partition coefficient (Wildman–Crippen LogP) is 2.14. The van der Waals surface area contributed by atoms with Crippen LogP contribution in [0.5, 0.6) is 0 Å². The van der Waals surface area contributed by atoms with Crippen LogP contribution in [0, 0.1) is 6.92 Å². The number of piperazine rings is 1. The fraction of sp³-hybridized carbons (Fsp3) is 0.423. The normalized spacial score (nSPS) is 19.5. The Morgan fingerprint density at radius 3 is 2.81 bits per heavy atom. The summed E-state index contributed by atoms with van der Waals surface area (Å²) in [5.41, 5.74) is 2.29. The second-order valence-electron chi connectivity index (χ2n) is 9.71. The molecule has 37 heavy (non-hydrogen) atoms. The molecule has 2 aliphatic rings. The summed E-state index contributed by atoms with van der Waals surface area (Å²) in [7, 11) is 0. The zero-order valence-corrected chi connectivity index (χ0v) is 20.7. The van der Waals surface area contributed by atoms with Crippen LogP contribution in [-0.2, 0) is 11.3 Å². The van der Waals surface area contributed by atoms with E-state index >= 15 is 0 Å². The number of rotatable bonds is 6. The number of H-pyrrole nitrogens is 1. The van der Waals surface area contributed by atoms with Crippen LogP contribution in [0.4, 0.5) is 0 Å². The van der Waals surface area contributed by atoms with E-state index in [1.165, 1.54) is 6.26 Å². The van der Waals surface area contributed by atoms with Gasteiger partial charge in [0.2, 0.25) is 0 Å². The molecule has 1 amide bonds. The third-order valence-corrected chi connectivity index (χ3v) is 7.23. The van der Waals surface area contributed by atoms with Gasteiger partial charge >= 0.3 is 0 Å². The van der Waals surface area contributed by atoms with Gasteiger partial charge in [-0.25, -0.2) is 4.68 Å². The number of furan rings is 1. The third-order valence-electron chi connectivity index (χ3n) is 7.23. The van der Waals surface area contributed by atoms with Crippen molar-refractivity contribution in [1.82, 2.24) is 35.0 Å². The highest BCUT2D eigenvalue weighted by Gasteiger charge is 2.34. The van der Waals surface area contributed by atoms with Gasteiger partial charge in [-0.05, 0) is 65.9 Å². The summed E-state index contributed by atoms with van der Waals surface area (Å²) in [6, 6.07) is 10.8. The molecule has 11 heteroatoms. The fourth-order valence-electron chi connectivity index (χ4n) is 5.30. The molecular weight excluding hydrogens is 474 g/mol. The van der Waals surface area contributed by atoms with E-state index in [0.29, 0.717) is 49.9 Å². The van der Waals surface area contributed by atoms with Crippen molar-refractivity contribution < 1.29 is 13.9 Å². The molecular formula is C26H29N7O4. The maximum atomic E-state index is 13.4. The Morgan fingerprint density at radius 1 is 1.19 bits per heavy atom. The molecule has 2 fully saturated rings. The lowest BCUT2D eigenvalue weighted by Crippen LogP contribution is -2.50. The zero-order valence-electron chi connectivity index (χ0n) is 20.7. The Labute approximate surface area is 213 Å². The van der Waals surface area contributed by atoms with Crippen LogP contribution in [0.1, 0.15) is 46.4 Å². The van der Waals surface area contributed by atoms with Crippen LogP contribution >= 0.6 is 0 Å². The number of amides is 1. The van der Waals surface area contributed by atoms with Gasteiger partial charge in [0.25, 0.3) is 11.5 Å². The van der Waals surface area contributed by atoms with Crippen molar-refractivity contribution in [2.24, 2.45) is 0 Å². The molecule has 192 valence electrons. The van der Waals surface area contributed by atoms with Crippen LogP contribution in [0.15, 0.2) is 51.9 Å². The number of benzene rings is 1. The number of carbonyl (C=O) groups excluding carboxylic acids is 1. The summed E-state index contributed by atoms with van der Waals surface area (Å²) in [6.07, 6.45) is 3.51. The third kappa shape index (κ3) is 4.67. The van der Waals surface area contributed by atoms with Crippen LogP contribution < -0.4 is 5.56 Å². The minimum atomic E-state index is -0.481. The van der Waals surface area contributed by atoms with Gasteiger partial charge in [-0.1, -0.05) is 11.6 Å². The van der Waals surface area contributed by atoms with Gasteiger partial charge in [-0.2, -0.15) is 0 Å². The van der Waals surface area contributed by atoms with E-state index < -0.39 is 6.04 Å². The lowest BCUT2D eigenvalue weighted by molar-refractivity contribution is 0.0550. The van der Waals surface area contributed by atoms with Gasteiger partial charge in [0.05, 0.1) is 18.9 Å². The summed E-state index contributed by atoms with van der Waals surface area (Å²) in [6.45, 7) is 5.38. The number of hydrogen-bond acceptors (Lipinski definition) is 8. The van der Waals surface area contributed by atoms with Crippen molar-refractivity contribution in [3.63, 3.8) is 0 Å². The number of ether oxygens (including phenoxy) is 1. The number of hydrogen-bond donors (Lipinski definition) is 1. The molecule has 4 aromatic rings. The molecule has 3 aromatic heterocycles. The molecule has 0 saturated carbocycles. The second-order valence-corrected chi connectivity index (χ2v) is 9.71. The van der Waals surface area contributed by atoms with Crippen LogP contribution in [0.2, 0.25) is 0 Å². The zero-order chi connectivity index (χ0) is 25.4. The molecule has 11 nitrogen and oxygen atoms in total. The van der Waals surface area contributed by atoms with E-state index in [1.54, 1.807) is 21.7 Å². The Bertz CT molecular complexity index is 1450. The quantitative estimate of drug-likeness (QED) is 0.425. The monoisotopic (exact) mass is 503 g/mol. The minimum Gasteiger partial charge on any atom is -0.459 e. The summed E-state index contributed by atoms with van der Waals surface area (Å²) in [5, 5.41) is 13.6. The summed E-state index contributed by atoms with van der Waals surface area (Å²) in [5.74, 6) is 0.786. The summed E-state index contributed by atoms with van der Waals surface area (Å²) in [4.78, 5) is 33.2. The molecule has 6 rings (SSSR count). The van der Waals surface area contributed by atoms with Gasteiger partial charge in [-0.15, -0.1) is 5.10 Å². The van der Waals surface area contributed by atoms with E-state index in [2.05, 4.69) is 31.5 Å². The average molecular weight is 504 g/mol. The number of nitrogens with zero attached hydrogens (tertiary/aromatic N) is 6. The fourth-order valence-corrected chi connectivity index (χ4v) is 5.30. The lowest BCUT2D eigenvalue weighted by atomic mass is 10.0. The molecule has 2 aliphatic heterocycles. The Balaban J connectivity index is 1.35. The lowest BCUT2D eigenvalue weighted by Gasteiger charge is -2.38. The standard InChI is InChI=1S/C26H29N7O4/c1-17-6-7-21-18(14-17)15-20(25(34)27-21)23(24-28-29-30-33(24)16-19-4-2-12-36-19)31-8-10-32(11-9-31)26(35)22-5-3-13-37-22/h3,5-7,13-15,19,23H,2,4,8-12,16H2,1H3,(H,27,34)/t19-,23-/m1/s1. The number of pyridine rings is 1. The van der Waals surface area contributed by atoms with Crippen LogP contribution in [-0.4, -0.2) is 79.8 Å². The van der Waals surface area contributed by atoms with Gasteiger partial charge in [0.15, 0.2) is 11.6 Å². The van der Waals surface area contributed by atoms with Gasteiger partial charge in [0, 0.05) is 43.9 Å². The number of tetrazole rings is 1. The van der Waals surface area contributed by atoms with Crippen molar-refractivity contribution in [2.75, 3.05) is 32.8 Å². The first-order valence-electron chi connectivity index (χ1n) is 12.6. The highest BCUT2D eigenvalue weighted by molar-refractivity contribution is 5.91. The van der Waals surface area contributed by atoms with Crippen molar-refractivity contribution >= 4 is 16.8 Å². The highest BCUT2D eigenvalue weighted by atomic mass is 16.5. The van der Waals surface area contributed by atoms with Gasteiger partial charge in [-0.3, -0.25) is 14.5 Å². The van der Waals surface area contributed by atoms with E-state index in [1.807, 2.05) is 25.1 Å². The smallest absolute Gasteiger partial charge is 0.289 e. The highest BCUT2D eigenvalue weighted by Crippen LogP contribution is 2.29. The first kappa shape index (κ1) is 23.6.